The van der Waals surface area contributed by atoms with E-state index in [-0.39, 0.29) is 11.8 Å². The van der Waals surface area contributed by atoms with E-state index in [1.807, 2.05) is 0 Å². The fraction of sp³-hybridized carbons (Fsp3) is 0.429. The van der Waals surface area contributed by atoms with Gasteiger partial charge in [0.15, 0.2) is 0 Å². The van der Waals surface area contributed by atoms with Gasteiger partial charge in [-0.15, -0.1) is 0 Å². The van der Waals surface area contributed by atoms with Crippen LogP contribution in [0.3, 0.4) is 0 Å². The molecule has 22 heavy (non-hydrogen) atoms. The molecule has 2 rings (SSSR count). The Morgan fingerprint density at radius 1 is 1.36 bits per heavy atom. The predicted octanol–water partition coefficient (Wildman–Crippen LogP) is -0.610. The van der Waals surface area contributed by atoms with E-state index in [4.69, 9.17) is 5.73 Å². The number of nitrogens with one attached hydrogen (secondary N) is 1. The van der Waals surface area contributed by atoms with Gasteiger partial charge in [-0.2, -0.15) is 0 Å². The Bertz CT molecular complexity index is 550. The number of nitrogen functional groups attached to an aromatic ring is 1. The van der Waals surface area contributed by atoms with Crippen molar-refractivity contribution < 1.29 is 19.6 Å². The molecule has 0 aliphatic carbocycles. The molecule has 0 aromatic heterocycles. The van der Waals surface area contributed by atoms with Gasteiger partial charge in [0.05, 0.1) is 5.94 Å². The highest BCUT2D eigenvalue weighted by Gasteiger charge is 2.38. The van der Waals surface area contributed by atoms with Crippen LogP contribution in [-0.4, -0.2) is 52.4 Å². The topological polar surface area (TPSA) is 116 Å². The molecule has 8 heteroatoms. The summed E-state index contributed by atoms with van der Waals surface area (Å²) in [6.07, 6.45) is 1.26. The van der Waals surface area contributed by atoms with E-state index in [1.165, 1.54) is 4.90 Å². The SMILES string of the molecule is C[C@@H](NC(=O)c1ccc(N)cc1)C(=O)N1CCC[C@H]1B(O)O. The Morgan fingerprint density at radius 2 is 2.00 bits per heavy atom. The number of likely N-dealkylation sites (tertiary alicyclic amines) is 1. The summed E-state index contributed by atoms with van der Waals surface area (Å²) < 4.78 is 0. The second-order valence-corrected chi connectivity index (χ2v) is 5.47. The molecule has 0 unspecified atom stereocenters. The van der Waals surface area contributed by atoms with Crippen molar-refractivity contribution in [1.82, 2.24) is 10.2 Å². The summed E-state index contributed by atoms with van der Waals surface area (Å²) in [6, 6.07) is 5.64. The van der Waals surface area contributed by atoms with Gasteiger partial charge in [0, 0.05) is 17.8 Å². The van der Waals surface area contributed by atoms with Crippen LogP contribution in [0.25, 0.3) is 0 Å². The molecular weight excluding hydrogens is 285 g/mol. The third kappa shape index (κ3) is 3.58. The monoisotopic (exact) mass is 305 g/mol. The van der Waals surface area contributed by atoms with Crippen LogP contribution in [0.2, 0.25) is 0 Å². The second-order valence-electron chi connectivity index (χ2n) is 5.47. The number of anilines is 1. The van der Waals surface area contributed by atoms with Gasteiger partial charge in [0.2, 0.25) is 5.91 Å². The molecule has 2 atom stereocenters. The average Bonchev–Trinajstić information content (AvgIpc) is 2.96. The van der Waals surface area contributed by atoms with Gasteiger partial charge in [-0.25, -0.2) is 0 Å². The lowest BCUT2D eigenvalue weighted by atomic mass is 9.78. The number of nitrogens with zero attached hydrogens (tertiary/aromatic N) is 1. The lowest BCUT2D eigenvalue weighted by molar-refractivity contribution is -0.132. The van der Waals surface area contributed by atoms with Gasteiger partial charge in [0.25, 0.3) is 5.91 Å². The summed E-state index contributed by atoms with van der Waals surface area (Å²) in [5.74, 6) is -1.30. The minimum absolute atomic E-state index is 0.320. The molecule has 5 N–H and O–H groups in total. The van der Waals surface area contributed by atoms with Gasteiger partial charge < -0.3 is 26.0 Å². The molecule has 0 spiro atoms. The number of nitrogens with two attached hydrogens (primary N) is 1. The van der Waals surface area contributed by atoms with E-state index in [0.717, 1.165) is 0 Å². The zero-order chi connectivity index (χ0) is 16.3. The zero-order valence-electron chi connectivity index (χ0n) is 12.4. The Labute approximate surface area is 129 Å². The van der Waals surface area contributed by atoms with Gasteiger partial charge in [-0.05, 0) is 44.0 Å². The number of carbonyl (C=O) groups excluding carboxylic acids is 2. The first-order chi connectivity index (χ1) is 10.4. The highest BCUT2D eigenvalue weighted by molar-refractivity contribution is 6.43. The number of amides is 2. The fourth-order valence-electron chi connectivity index (χ4n) is 2.60. The largest absolute Gasteiger partial charge is 0.475 e. The molecule has 7 nitrogen and oxygen atoms in total. The van der Waals surface area contributed by atoms with Crippen LogP contribution in [-0.2, 0) is 4.79 Å². The van der Waals surface area contributed by atoms with Crippen LogP contribution in [0, 0.1) is 0 Å². The van der Waals surface area contributed by atoms with Crippen LogP contribution in [0.15, 0.2) is 24.3 Å². The van der Waals surface area contributed by atoms with Crippen molar-refractivity contribution in [2.24, 2.45) is 0 Å². The summed E-state index contributed by atoms with van der Waals surface area (Å²) in [6.45, 7) is 2.04. The van der Waals surface area contributed by atoms with Gasteiger partial charge >= 0.3 is 7.12 Å². The first-order valence-corrected chi connectivity index (χ1v) is 7.23. The van der Waals surface area contributed by atoms with Crippen LogP contribution in [0.4, 0.5) is 5.69 Å². The number of carbonyl (C=O) groups is 2. The number of hydrogen-bond acceptors (Lipinski definition) is 5. The van der Waals surface area contributed by atoms with E-state index in [0.29, 0.717) is 30.6 Å². The molecule has 1 aliphatic rings. The maximum absolute atomic E-state index is 12.4. The van der Waals surface area contributed by atoms with E-state index < -0.39 is 19.1 Å². The molecule has 0 radical (unpaired) electrons. The molecule has 1 aromatic rings. The Kier molecular flexibility index (Phi) is 5.05. The Morgan fingerprint density at radius 3 is 2.59 bits per heavy atom. The lowest BCUT2D eigenvalue weighted by Gasteiger charge is -2.27. The number of rotatable bonds is 4. The smallest absolute Gasteiger partial charge is 0.426 e. The molecule has 118 valence electrons. The average molecular weight is 305 g/mol. The summed E-state index contributed by atoms with van der Waals surface area (Å²) in [4.78, 5) is 25.8. The molecule has 1 aromatic carbocycles. The molecule has 1 aliphatic heterocycles. The van der Waals surface area contributed by atoms with Crippen molar-refractivity contribution in [3.05, 3.63) is 29.8 Å². The highest BCUT2D eigenvalue weighted by atomic mass is 16.4. The number of hydrogen-bond donors (Lipinski definition) is 4. The van der Waals surface area contributed by atoms with Crippen molar-refractivity contribution >= 4 is 24.6 Å². The van der Waals surface area contributed by atoms with Crippen molar-refractivity contribution in [2.45, 2.75) is 31.7 Å². The van der Waals surface area contributed by atoms with Crippen LogP contribution >= 0.6 is 0 Å². The van der Waals surface area contributed by atoms with Crippen molar-refractivity contribution in [3.8, 4) is 0 Å². The summed E-state index contributed by atoms with van der Waals surface area (Å²) in [5.41, 5.74) is 6.53. The molecule has 1 fully saturated rings. The summed E-state index contributed by atoms with van der Waals surface area (Å²) >= 11 is 0. The van der Waals surface area contributed by atoms with Crippen molar-refractivity contribution in [3.63, 3.8) is 0 Å². The molecule has 2 amide bonds. The highest BCUT2D eigenvalue weighted by Crippen LogP contribution is 2.19. The van der Waals surface area contributed by atoms with Crippen molar-refractivity contribution in [1.29, 1.82) is 0 Å². The molecule has 1 heterocycles. The van der Waals surface area contributed by atoms with Crippen molar-refractivity contribution in [2.75, 3.05) is 12.3 Å². The quantitative estimate of drug-likeness (QED) is 0.437. The van der Waals surface area contributed by atoms with Gasteiger partial charge in [0.1, 0.15) is 6.04 Å². The fourth-order valence-corrected chi connectivity index (χ4v) is 2.60. The second kappa shape index (κ2) is 6.80. The van der Waals surface area contributed by atoms with E-state index in [9.17, 15) is 19.6 Å². The molecular formula is C14H20BN3O4. The minimum atomic E-state index is -1.56. The minimum Gasteiger partial charge on any atom is -0.426 e. The molecule has 0 bridgehead atoms. The lowest BCUT2D eigenvalue weighted by Crippen LogP contribution is -2.52. The molecule has 0 saturated carbocycles. The maximum Gasteiger partial charge on any atom is 0.475 e. The normalized spacial score (nSPS) is 18.9. The summed E-state index contributed by atoms with van der Waals surface area (Å²) in [7, 11) is -1.56. The first kappa shape index (κ1) is 16.3. The third-order valence-electron chi connectivity index (χ3n) is 3.82. The molecule has 1 saturated heterocycles. The van der Waals surface area contributed by atoms with Crippen LogP contribution < -0.4 is 11.1 Å². The zero-order valence-corrected chi connectivity index (χ0v) is 12.4. The predicted molar refractivity (Wildman–Crippen MR) is 82.7 cm³/mol. The van der Waals surface area contributed by atoms with E-state index >= 15 is 0 Å². The van der Waals surface area contributed by atoms with Gasteiger partial charge in [-0.3, -0.25) is 9.59 Å². The Balaban J connectivity index is 1.99. The third-order valence-corrected chi connectivity index (χ3v) is 3.82. The standard InChI is InChI=1S/C14H20BN3O4/c1-9(14(20)18-8-2-3-12(18)15(21)22)17-13(19)10-4-6-11(16)7-5-10/h4-7,9,12,21-22H,2-3,8,16H2,1H3,(H,17,19)/t9-,12+/m1/s1. The summed E-state index contributed by atoms with van der Waals surface area (Å²) in [5, 5.41) is 21.2. The Hall–Kier alpha value is -2.06. The van der Waals surface area contributed by atoms with Crippen LogP contribution in [0.1, 0.15) is 30.1 Å². The van der Waals surface area contributed by atoms with Crippen LogP contribution in [0.5, 0.6) is 0 Å². The first-order valence-electron chi connectivity index (χ1n) is 7.23. The van der Waals surface area contributed by atoms with Gasteiger partial charge in [-0.1, -0.05) is 0 Å². The van der Waals surface area contributed by atoms with E-state index in [1.54, 1.807) is 31.2 Å². The number of benzene rings is 1. The van der Waals surface area contributed by atoms with E-state index in [2.05, 4.69) is 5.32 Å². The maximum atomic E-state index is 12.4.